The molecule has 78 valence electrons. The van der Waals surface area contributed by atoms with E-state index in [4.69, 9.17) is 0 Å². The van der Waals surface area contributed by atoms with Gasteiger partial charge in [0.15, 0.2) is 5.82 Å². The van der Waals surface area contributed by atoms with E-state index in [9.17, 15) is 13.2 Å². The van der Waals surface area contributed by atoms with Gasteiger partial charge in [0.1, 0.15) is 5.51 Å². The average molecular weight is 230 g/mol. The van der Waals surface area contributed by atoms with Gasteiger partial charge in [0.25, 0.3) is 0 Å². The zero-order valence-corrected chi connectivity index (χ0v) is 8.14. The number of halogens is 3. The monoisotopic (exact) mass is 230 g/mol. The first-order valence-electron chi connectivity index (χ1n) is 4.01. The molecule has 2 aromatic rings. The third kappa shape index (κ3) is 2.15. The Labute approximate surface area is 87.6 Å². The molecule has 1 heterocycles. The van der Waals surface area contributed by atoms with Crippen molar-refractivity contribution in [3.63, 3.8) is 0 Å². The van der Waals surface area contributed by atoms with Gasteiger partial charge in [0.05, 0.1) is 5.56 Å². The first-order chi connectivity index (χ1) is 7.07. The predicted molar refractivity (Wildman–Crippen MR) is 50.3 cm³/mol. The van der Waals surface area contributed by atoms with E-state index in [2.05, 4.69) is 9.36 Å². The predicted octanol–water partition coefficient (Wildman–Crippen LogP) is 3.22. The summed E-state index contributed by atoms with van der Waals surface area (Å²) in [7, 11) is 0. The van der Waals surface area contributed by atoms with E-state index in [0.29, 0.717) is 11.4 Å². The average Bonchev–Trinajstić information content (AvgIpc) is 2.69. The molecule has 0 radical (unpaired) electrons. The van der Waals surface area contributed by atoms with E-state index in [1.807, 2.05) is 0 Å². The number of nitrogens with zero attached hydrogens (tertiary/aromatic N) is 2. The lowest BCUT2D eigenvalue weighted by Gasteiger charge is -2.06. The van der Waals surface area contributed by atoms with Crippen LogP contribution in [0.25, 0.3) is 11.4 Å². The van der Waals surface area contributed by atoms with Crippen LogP contribution in [0.2, 0.25) is 0 Å². The summed E-state index contributed by atoms with van der Waals surface area (Å²) in [5.41, 5.74) is 1.18. The number of rotatable bonds is 1. The summed E-state index contributed by atoms with van der Waals surface area (Å²) in [6.45, 7) is 0. The topological polar surface area (TPSA) is 25.8 Å². The number of aromatic nitrogens is 2. The molecule has 2 nitrogen and oxygen atoms in total. The van der Waals surface area contributed by atoms with Gasteiger partial charge < -0.3 is 0 Å². The highest BCUT2D eigenvalue weighted by Gasteiger charge is 2.30. The molecule has 0 atom stereocenters. The van der Waals surface area contributed by atoms with Crippen LogP contribution in [0.1, 0.15) is 5.56 Å². The van der Waals surface area contributed by atoms with Gasteiger partial charge in [-0.25, -0.2) is 4.98 Å². The quantitative estimate of drug-likeness (QED) is 0.751. The summed E-state index contributed by atoms with van der Waals surface area (Å²) >= 11 is 1.11. The van der Waals surface area contributed by atoms with Gasteiger partial charge in [-0.2, -0.15) is 17.5 Å². The molecule has 0 N–H and O–H groups in total. The summed E-state index contributed by atoms with van der Waals surface area (Å²) in [5.74, 6) is 0.325. The molecule has 0 saturated carbocycles. The molecule has 6 heteroatoms. The second-order valence-electron chi connectivity index (χ2n) is 2.83. The van der Waals surface area contributed by atoms with Crippen LogP contribution in [-0.2, 0) is 6.18 Å². The van der Waals surface area contributed by atoms with Gasteiger partial charge >= 0.3 is 6.18 Å². The molecule has 0 saturated heterocycles. The normalized spacial score (nSPS) is 11.7. The zero-order valence-electron chi connectivity index (χ0n) is 7.32. The van der Waals surface area contributed by atoms with Crippen LogP contribution < -0.4 is 0 Å². The molecule has 15 heavy (non-hydrogen) atoms. The fourth-order valence-electron chi connectivity index (χ4n) is 1.13. The minimum atomic E-state index is -4.33. The number of hydrogen-bond donors (Lipinski definition) is 0. The molecule has 0 aliphatic heterocycles. The lowest BCUT2D eigenvalue weighted by atomic mass is 10.1. The Balaban J connectivity index is 2.44. The standard InChI is InChI=1S/C9H5F3N2S/c10-9(11,12)7-3-1-2-6(4-7)8-13-5-15-14-8/h1-5H. The van der Waals surface area contributed by atoms with Crippen LogP contribution in [0.3, 0.4) is 0 Å². The maximum Gasteiger partial charge on any atom is 0.416 e. The molecular weight excluding hydrogens is 225 g/mol. The van der Waals surface area contributed by atoms with Gasteiger partial charge in [-0.3, -0.25) is 0 Å². The Morgan fingerprint density at radius 3 is 2.60 bits per heavy atom. The molecule has 0 bridgehead atoms. The minimum absolute atomic E-state index is 0.325. The summed E-state index contributed by atoms with van der Waals surface area (Å²) in [5, 5.41) is 0. The van der Waals surface area contributed by atoms with Crippen LogP contribution in [0, 0.1) is 0 Å². The first kappa shape index (κ1) is 10.1. The van der Waals surface area contributed by atoms with Crippen LogP contribution in [-0.4, -0.2) is 9.36 Å². The van der Waals surface area contributed by atoms with Crippen molar-refractivity contribution < 1.29 is 13.2 Å². The van der Waals surface area contributed by atoms with Crippen LogP contribution in [0.5, 0.6) is 0 Å². The van der Waals surface area contributed by atoms with Crippen LogP contribution in [0.4, 0.5) is 13.2 Å². The maximum absolute atomic E-state index is 12.4. The maximum atomic E-state index is 12.4. The first-order valence-corrected chi connectivity index (χ1v) is 4.85. The van der Waals surface area contributed by atoms with E-state index < -0.39 is 11.7 Å². The fourth-order valence-corrected chi connectivity index (χ4v) is 1.58. The van der Waals surface area contributed by atoms with Crippen molar-refractivity contribution in [2.45, 2.75) is 6.18 Å². The highest BCUT2D eigenvalue weighted by molar-refractivity contribution is 7.03. The van der Waals surface area contributed by atoms with E-state index in [0.717, 1.165) is 23.7 Å². The second kappa shape index (κ2) is 3.62. The molecule has 1 aromatic heterocycles. The Morgan fingerprint density at radius 2 is 2.00 bits per heavy atom. The molecule has 0 aliphatic carbocycles. The van der Waals surface area contributed by atoms with E-state index in [-0.39, 0.29) is 0 Å². The van der Waals surface area contributed by atoms with Crippen molar-refractivity contribution in [1.82, 2.24) is 9.36 Å². The smallest absolute Gasteiger partial charge is 0.223 e. The lowest BCUT2D eigenvalue weighted by Crippen LogP contribution is -2.04. The Bertz CT molecular complexity index is 451. The molecule has 1 aromatic carbocycles. The highest BCUT2D eigenvalue weighted by Crippen LogP contribution is 2.31. The third-order valence-electron chi connectivity index (χ3n) is 1.81. The number of benzene rings is 1. The van der Waals surface area contributed by atoms with Gasteiger partial charge in [-0.15, -0.1) is 0 Å². The molecule has 0 aliphatic rings. The Hall–Kier alpha value is -1.43. The van der Waals surface area contributed by atoms with Crippen molar-refractivity contribution >= 4 is 11.5 Å². The minimum Gasteiger partial charge on any atom is -0.223 e. The molecule has 0 amide bonds. The summed E-state index contributed by atoms with van der Waals surface area (Å²) in [4.78, 5) is 3.85. The molecule has 0 unspecified atom stereocenters. The van der Waals surface area contributed by atoms with Gasteiger partial charge in [-0.1, -0.05) is 12.1 Å². The van der Waals surface area contributed by atoms with E-state index in [1.54, 1.807) is 6.07 Å². The van der Waals surface area contributed by atoms with Crippen molar-refractivity contribution in [2.24, 2.45) is 0 Å². The molecule has 0 spiro atoms. The van der Waals surface area contributed by atoms with Crippen molar-refractivity contribution in [3.8, 4) is 11.4 Å². The SMILES string of the molecule is FC(F)(F)c1cccc(-c2ncsn2)c1. The summed E-state index contributed by atoms with van der Waals surface area (Å²) < 4.78 is 41.0. The lowest BCUT2D eigenvalue weighted by molar-refractivity contribution is -0.137. The second-order valence-corrected chi connectivity index (χ2v) is 3.44. The van der Waals surface area contributed by atoms with Gasteiger partial charge in [0.2, 0.25) is 0 Å². The van der Waals surface area contributed by atoms with Gasteiger partial charge in [0, 0.05) is 5.56 Å². The Kier molecular flexibility index (Phi) is 2.44. The fraction of sp³-hybridized carbons (Fsp3) is 0.111. The zero-order chi connectivity index (χ0) is 10.9. The highest BCUT2D eigenvalue weighted by atomic mass is 32.1. The number of alkyl halides is 3. The molecule has 2 rings (SSSR count). The summed E-state index contributed by atoms with van der Waals surface area (Å²) in [6.07, 6.45) is -4.33. The van der Waals surface area contributed by atoms with Crippen molar-refractivity contribution in [3.05, 3.63) is 35.3 Å². The van der Waals surface area contributed by atoms with E-state index in [1.165, 1.54) is 11.6 Å². The van der Waals surface area contributed by atoms with E-state index >= 15 is 0 Å². The van der Waals surface area contributed by atoms with Crippen molar-refractivity contribution in [2.75, 3.05) is 0 Å². The number of hydrogen-bond acceptors (Lipinski definition) is 3. The van der Waals surface area contributed by atoms with Crippen LogP contribution >= 0.6 is 11.5 Å². The third-order valence-corrected chi connectivity index (χ3v) is 2.29. The van der Waals surface area contributed by atoms with Gasteiger partial charge in [-0.05, 0) is 23.7 Å². The summed E-state index contributed by atoms with van der Waals surface area (Å²) in [6, 6.07) is 4.97. The molecule has 0 fully saturated rings. The largest absolute Gasteiger partial charge is 0.416 e. The molecular formula is C9H5F3N2S. The van der Waals surface area contributed by atoms with Crippen molar-refractivity contribution in [1.29, 1.82) is 0 Å². The Morgan fingerprint density at radius 1 is 1.20 bits per heavy atom. The van der Waals surface area contributed by atoms with Crippen LogP contribution in [0.15, 0.2) is 29.8 Å².